The van der Waals surface area contributed by atoms with Gasteiger partial charge in [0.05, 0.1) is 0 Å². The van der Waals surface area contributed by atoms with Crippen LogP contribution in [0, 0.1) is 0 Å². The predicted molar refractivity (Wildman–Crippen MR) is 90.4 cm³/mol. The second-order valence-electron chi connectivity index (χ2n) is 5.27. The Hall–Kier alpha value is -1.67. The molecule has 2 aromatic carbocycles. The summed E-state index contributed by atoms with van der Waals surface area (Å²) in [5.74, 6) is 0.559. The third-order valence-electron chi connectivity index (χ3n) is 3.38. The molecular weight excluding hydrogens is 262 g/mol. The molecule has 0 aliphatic heterocycles. The van der Waals surface area contributed by atoms with Crippen LogP contribution in [0.5, 0.6) is 0 Å². The van der Waals surface area contributed by atoms with Crippen molar-refractivity contribution in [2.24, 2.45) is 0 Å². The van der Waals surface area contributed by atoms with E-state index in [9.17, 15) is 0 Å². The van der Waals surface area contributed by atoms with Crippen molar-refractivity contribution >= 4 is 17.2 Å². The number of benzene rings is 2. The van der Waals surface area contributed by atoms with Gasteiger partial charge in [-0.1, -0.05) is 80.7 Å². The first-order valence-corrected chi connectivity index (χ1v) is 7.49. The molecule has 104 valence electrons. The van der Waals surface area contributed by atoms with Crippen molar-refractivity contribution in [3.05, 3.63) is 71.3 Å². The highest BCUT2D eigenvalue weighted by atomic mass is 32.1. The van der Waals surface area contributed by atoms with Crippen LogP contribution in [0.4, 0.5) is 0 Å². The van der Waals surface area contributed by atoms with E-state index in [0.717, 1.165) is 23.5 Å². The van der Waals surface area contributed by atoms with Gasteiger partial charge in [0.15, 0.2) is 0 Å². The zero-order valence-corrected chi connectivity index (χ0v) is 12.9. The molecule has 0 aliphatic carbocycles. The second-order valence-corrected chi connectivity index (χ2v) is 5.68. The Labute approximate surface area is 127 Å². The van der Waals surface area contributed by atoms with E-state index in [-0.39, 0.29) is 0 Å². The summed E-state index contributed by atoms with van der Waals surface area (Å²) in [5, 5.41) is 3.33. The molecule has 0 saturated carbocycles. The molecule has 0 atom stereocenters. The van der Waals surface area contributed by atoms with Crippen LogP contribution in [-0.2, 0) is 6.42 Å². The van der Waals surface area contributed by atoms with Gasteiger partial charge in [-0.25, -0.2) is 0 Å². The molecule has 1 N–H and O–H groups in total. The Morgan fingerprint density at radius 3 is 2.25 bits per heavy atom. The Balaban J connectivity index is 1.85. The minimum absolute atomic E-state index is 0.559. The summed E-state index contributed by atoms with van der Waals surface area (Å²) in [5.41, 5.74) is 3.77. The van der Waals surface area contributed by atoms with Crippen molar-refractivity contribution < 1.29 is 0 Å². The van der Waals surface area contributed by atoms with Crippen LogP contribution in [0.3, 0.4) is 0 Å². The van der Waals surface area contributed by atoms with E-state index >= 15 is 0 Å². The molecule has 0 heterocycles. The average Bonchev–Trinajstić information content (AvgIpc) is 2.48. The number of hydrogen-bond acceptors (Lipinski definition) is 1. The Morgan fingerprint density at radius 2 is 1.65 bits per heavy atom. The Morgan fingerprint density at radius 1 is 1.00 bits per heavy atom. The van der Waals surface area contributed by atoms with Gasteiger partial charge in [0.2, 0.25) is 0 Å². The van der Waals surface area contributed by atoms with Crippen molar-refractivity contribution in [3.63, 3.8) is 0 Å². The smallest absolute Gasteiger partial charge is 0.106 e. The molecule has 2 rings (SSSR count). The molecule has 0 radical (unpaired) electrons. The molecule has 20 heavy (non-hydrogen) atoms. The van der Waals surface area contributed by atoms with E-state index in [4.69, 9.17) is 12.2 Å². The highest BCUT2D eigenvalue weighted by Gasteiger charge is 2.03. The molecule has 0 aliphatic rings. The summed E-state index contributed by atoms with van der Waals surface area (Å²) in [6, 6.07) is 19.0. The van der Waals surface area contributed by atoms with Gasteiger partial charge in [0, 0.05) is 12.1 Å². The summed E-state index contributed by atoms with van der Waals surface area (Å²) >= 11 is 5.43. The first kappa shape index (κ1) is 14.7. The molecule has 0 aromatic heterocycles. The normalized spacial score (nSPS) is 10.6. The van der Waals surface area contributed by atoms with Gasteiger partial charge in [-0.05, 0) is 23.5 Å². The number of rotatable bonds is 5. The summed E-state index contributed by atoms with van der Waals surface area (Å²) in [7, 11) is 0. The van der Waals surface area contributed by atoms with Crippen LogP contribution in [-0.4, -0.2) is 11.5 Å². The molecule has 0 spiro atoms. The maximum Gasteiger partial charge on any atom is 0.106 e. The van der Waals surface area contributed by atoms with E-state index in [1.165, 1.54) is 11.1 Å². The number of hydrogen-bond donors (Lipinski definition) is 1. The predicted octanol–water partition coefficient (Wildman–Crippen LogP) is 4.32. The lowest BCUT2D eigenvalue weighted by atomic mass is 10.0. The zero-order valence-electron chi connectivity index (χ0n) is 12.1. The molecule has 0 bridgehead atoms. The number of thiocarbonyl (C=S) groups is 1. The minimum atomic E-state index is 0.559. The van der Waals surface area contributed by atoms with Crippen LogP contribution < -0.4 is 5.32 Å². The van der Waals surface area contributed by atoms with Crippen molar-refractivity contribution in [2.45, 2.75) is 26.2 Å². The van der Waals surface area contributed by atoms with Gasteiger partial charge in [0.25, 0.3) is 0 Å². The average molecular weight is 283 g/mol. The van der Waals surface area contributed by atoms with Crippen LogP contribution in [0.2, 0.25) is 0 Å². The highest BCUT2D eigenvalue weighted by molar-refractivity contribution is 7.80. The van der Waals surface area contributed by atoms with E-state index in [1.807, 2.05) is 6.07 Å². The van der Waals surface area contributed by atoms with Crippen molar-refractivity contribution in [3.8, 4) is 0 Å². The van der Waals surface area contributed by atoms with E-state index < -0.39 is 0 Å². The quantitative estimate of drug-likeness (QED) is 0.820. The van der Waals surface area contributed by atoms with Crippen LogP contribution >= 0.6 is 12.2 Å². The van der Waals surface area contributed by atoms with E-state index in [1.54, 1.807) is 0 Å². The van der Waals surface area contributed by atoms with Crippen molar-refractivity contribution in [1.29, 1.82) is 0 Å². The fraction of sp³-hybridized carbons (Fsp3) is 0.278. The van der Waals surface area contributed by atoms with Gasteiger partial charge in [-0.15, -0.1) is 0 Å². The summed E-state index contributed by atoms with van der Waals surface area (Å²) < 4.78 is 0. The summed E-state index contributed by atoms with van der Waals surface area (Å²) in [6.45, 7) is 5.27. The molecule has 0 unspecified atom stereocenters. The third kappa shape index (κ3) is 4.17. The first-order chi connectivity index (χ1) is 9.66. The van der Waals surface area contributed by atoms with Crippen molar-refractivity contribution in [1.82, 2.24) is 5.32 Å². The first-order valence-electron chi connectivity index (χ1n) is 7.09. The topological polar surface area (TPSA) is 12.0 Å². The molecule has 0 amide bonds. The van der Waals surface area contributed by atoms with Crippen LogP contribution in [0.25, 0.3) is 0 Å². The maximum atomic E-state index is 5.43. The molecule has 0 saturated heterocycles. The van der Waals surface area contributed by atoms with Gasteiger partial charge < -0.3 is 5.32 Å². The summed E-state index contributed by atoms with van der Waals surface area (Å²) in [4.78, 5) is 0.830. The van der Waals surface area contributed by atoms with Crippen LogP contribution in [0.1, 0.15) is 36.5 Å². The molecule has 2 aromatic rings. The monoisotopic (exact) mass is 283 g/mol. The standard InChI is InChI=1S/C18H21NS/c1-14(2)16-8-10-17(11-9-16)18(20)19-13-12-15-6-4-3-5-7-15/h3-11,14H,12-13H2,1-2H3,(H,19,20). The fourth-order valence-corrected chi connectivity index (χ4v) is 2.32. The van der Waals surface area contributed by atoms with Gasteiger partial charge in [0.1, 0.15) is 4.99 Å². The van der Waals surface area contributed by atoms with E-state index in [0.29, 0.717) is 5.92 Å². The molecule has 1 nitrogen and oxygen atoms in total. The third-order valence-corrected chi connectivity index (χ3v) is 3.76. The lowest BCUT2D eigenvalue weighted by Gasteiger charge is -2.10. The maximum absolute atomic E-state index is 5.43. The van der Waals surface area contributed by atoms with Gasteiger partial charge >= 0.3 is 0 Å². The molecule has 2 heteroatoms. The SMILES string of the molecule is CC(C)c1ccc(C(=S)NCCc2ccccc2)cc1. The Bertz CT molecular complexity index is 543. The Kier molecular flexibility index (Phi) is 5.31. The zero-order chi connectivity index (χ0) is 14.4. The summed E-state index contributed by atoms with van der Waals surface area (Å²) in [6.07, 6.45) is 0.991. The lowest BCUT2D eigenvalue weighted by Crippen LogP contribution is -2.24. The molecule has 0 fully saturated rings. The highest BCUT2D eigenvalue weighted by Crippen LogP contribution is 2.14. The molecular formula is C18H21NS. The van der Waals surface area contributed by atoms with Crippen molar-refractivity contribution in [2.75, 3.05) is 6.54 Å². The minimum Gasteiger partial charge on any atom is -0.375 e. The van der Waals surface area contributed by atoms with E-state index in [2.05, 4.69) is 67.7 Å². The van der Waals surface area contributed by atoms with Gasteiger partial charge in [-0.2, -0.15) is 0 Å². The fourth-order valence-electron chi connectivity index (χ4n) is 2.09. The second kappa shape index (κ2) is 7.20. The van der Waals surface area contributed by atoms with Gasteiger partial charge in [-0.3, -0.25) is 0 Å². The van der Waals surface area contributed by atoms with Crippen LogP contribution in [0.15, 0.2) is 54.6 Å². The largest absolute Gasteiger partial charge is 0.375 e. The number of nitrogens with one attached hydrogen (secondary N) is 1. The lowest BCUT2D eigenvalue weighted by molar-refractivity contribution is 0.864.